The minimum atomic E-state index is -0.456. The fourth-order valence-corrected chi connectivity index (χ4v) is 1.44. The van der Waals surface area contributed by atoms with Gasteiger partial charge in [-0.3, -0.25) is 14.6 Å². The van der Waals surface area contributed by atoms with Gasteiger partial charge in [0.05, 0.1) is 19.0 Å². The van der Waals surface area contributed by atoms with E-state index >= 15 is 0 Å². The highest BCUT2D eigenvalue weighted by Gasteiger charge is 2.19. The van der Waals surface area contributed by atoms with Crippen molar-refractivity contribution in [1.82, 2.24) is 14.9 Å². The second-order valence-corrected chi connectivity index (χ2v) is 3.74. The highest BCUT2D eigenvalue weighted by atomic mass is 35.5. The smallest absolute Gasteiger partial charge is 0.325 e. The number of amides is 1. The number of nitrogens with zero attached hydrogens (tertiary/aromatic N) is 3. The van der Waals surface area contributed by atoms with Crippen LogP contribution in [0.5, 0.6) is 0 Å². The number of rotatable bonds is 5. The van der Waals surface area contributed by atoms with Crippen LogP contribution in [0.4, 0.5) is 0 Å². The molecule has 0 aliphatic carbocycles. The number of carbonyl (C=O) groups is 2. The van der Waals surface area contributed by atoms with Gasteiger partial charge >= 0.3 is 5.97 Å². The summed E-state index contributed by atoms with van der Waals surface area (Å²) in [5.41, 5.74) is 0.105. The maximum Gasteiger partial charge on any atom is 0.325 e. The summed E-state index contributed by atoms with van der Waals surface area (Å²) in [4.78, 5) is 32.3. The molecule has 0 saturated carbocycles. The van der Waals surface area contributed by atoms with Crippen molar-refractivity contribution in [2.45, 2.75) is 13.8 Å². The van der Waals surface area contributed by atoms with Gasteiger partial charge in [-0.1, -0.05) is 11.6 Å². The lowest BCUT2D eigenvalue weighted by molar-refractivity contribution is -0.143. The Labute approximate surface area is 110 Å². The van der Waals surface area contributed by atoms with E-state index in [1.54, 1.807) is 13.8 Å². The molecule has 0 atom stereocenters. The van der Waals surface area contributed by atoms with Gasteiger partial charge in [0, 0.05) is 6.54 Å². The lowest BCUT2D eigenvalue weighted by Gasteiger charge is -2.18. The van der Waals surface area contributed by atoms with Crippen molar-refractivity contribution in [2.24, 2.45) is 0 Å². The van der Waals surface area contributed by atoms with E-state index in [0.29, 0.717) is 6.54 Å². The zero-order valence-corrected chi connectivity index (χ0v) is 11.0. The van der Waals surface area contributed by atoms with E-state index in [4.69, 9.17) is 16.3 Å². The van der Waals surface area contributed by atoms with E-state index in [0.717, 1.165) is 0 Å². The Kier molecular flexibility index (Phi) is 5.51. The van der Waals surface area contributed by atoms with Gasteiger partial charge in [0.25, 0.3) is 5.91 Å². The number of esters is 1. The first kappa shape index (κ1) is 14.4. The fraction of sp³-hybridized carbons (Fsp3) is 0.455. The molecule has 18 heavy (non-hydrogen) atoms. The SMILES string of the molecule is CCOC(=O)CN(CC)C(=O)c1cncc(Cl)n1. The van der Waals surface area contributed by atoms with Crippen molar-refractivity contribution >= 4 is 23.5 Å². The molecular formula is C11H14ClN3O3. The van der Waals surface area contributed by atoms with E-state index in [1.165, 1.54) is 17.3 Å². The van der Waals surface area contributed by atoms with E-state index in [9.17, 15) is 9.59 Å². The zero-order chi connectivity index (χ0) is 13.5. The predicted molar refractivity (Wildman–Crippen MR) is 65.3 cm³/mol. The van der Waals surface area contributed by atoms with Gasteiger partial charge in [-0.2, -0.15) is 0 Å². The van der Waals surface area contributed by atoms with Crippen LogP contribution in [0.3, 0.4) is 0 Å². The highest BCUT2D eigenvalue weighted by Crippen LogP contribution is 2.06. The molecule has 1 aromatic rings. The minimum Gasteiger partial charge on any atom is -0.465 e. The molecule has 1 amide bonds. The van der Waals surface area contributed by atoms with Gasteiger partial charge in [0.2, 0.25) is 0 Å². The first-order valence-electron chi connectivity index (χ1n) is 5.50. The summed E-state index contributed by atoms with van der Waals surface area (Å²) in [6.07, 6.45) is 2.64. The summed E-state index contributed by atoms with van der Waals surface area (Å²) in [7, 11) is 0. The number of halogens is 1. The molecule has 1 heterocycles. The molecule has 0 aliphatic heterocycles. The molecule has 0 unspecified atom stereocenters. The van der Waals surface area contributed by atoms with Gasteiger partial charge in [0.15, 0.2) is 0 Å². The van der Waals surface area contributed by atoms with Crippen molar-refractivity contribution in [2.75, 3.05) is 19.7 Å². The summed E-state index contributed by atoms with van der Waals surface area (Å²) < 4.78 is 4.79. The minimum absolute atomic E-state index is 0.105. The van der Waals surface area contributed by atoms with Crippen LogP contribution >= 0.6 is 11.6 Å². The van der Waals surface area contributed by atoms with Crippen molar-refractivity contribution in [1.29, 1.82) is 0 Å². The van der Waals surface area contributed by atoms with Gasteiger partial charge in [0.1, 0.15) is 17.4 Å². The molecule has 98 valence electrons. The topological polar surface area (TPSA) is 72.4 Å². The molecular weight excluding hydrogens is 258 g/mol. The van der Waals surface area contributed by atoms with Crippen molar-refractivity contribution < 1.29 is 14.3 Å². The number of aromatic nitrogens is 2. The molecule has 6 nitrogen and oxygen atoms in total. The molecule has 0 fully saturated rings. The third-order valence-electron chi connectivity index (χ3n) is 2.12. The quantitative estimate of drug-likeness (QED) is 0.752. The largest absolute Gasteiger partial charge is 0.465 e. The molecule has 7 heteroatoms. The molecule has 0 bridgehead atoms. The summed E-state index contributed by atoms with van der Waals surface area (Å²) in [5, 5.41) is 0.132. The van der Waals surface area contributed by atoms with E-state index < -0.39 is 11.9 Å². The predicted octanol–water partition coefficient (Wildman–Crippen LogP) is 1.16. The Balaban J connectivity index is 2.76. The van der Waals surface area contributed by atoms with Gasteiger partial charge in [-0.05, 0) is 13.8 Å². The third kappa shape index (κ3) is 3.96. The van der Waals surface area contributed by atoms with Crippen LogP contribution in [0.1, 0.15) is 24.3 Å². The Morgan fingerprint density at radius 2 is 2.11 bits per heavy atom. The molecule has 0 aromatic carbocycles. The standard InChI is InChI=1S/C11H14ClN3O3/c1-3-15(7-10(16)18-4-2)11(17)8-5-13-6-9(12)14-8/h5-6H,3-4,7H2,1-2H3. The maximum absolute atomic E-state index is 12.0. The first-order valence-corrected chi connectivity index (χ1v) is 5.88. The first-order chi connectivity index (χ1) is 8.58. The summed E-state index contributed by atoms with van der Waals surface area (Å²) in [6, 6.07) is 0. The summed E-state index contributed by atoms with van der Waals surface area (Å²) in [5.74, 6) is -0.858. The van der Waals surface area contributed by atoms with Gasteiger partial charge in [-0.15, -0.1) is 0 Å². The fourth-order valence-electron chi connectivity index (χ4n) is 1.30. The van der Waals surface area contributed by atoms with Crippen molar-refractivity contribution in [3.8, 4) is 0 Å². The number of hydrogen-bond donors (Lipinski definition) is 0. The normalized spacial score (nSPS) is 9.94. The summed E-state index contributed by atoms with van der Waals surface area (Å²) >= 11 is 5.66. The van der Waals surface area contributed by atoms with Crippen molar-refractivity contribution in [3.63, 3.8) is 0 Å². The van der Waals surface area contributed by atoms with Crippen LogP contribution < -0.4 is 0 Å². The van der Waals surface area contributed by atoms with E-state index in [1.807, 2.05) is 0 Å². The molecule has 0 aliphatic rings. The van der Waals surface area contributed by atoms with Crippen LogP contribution in [0.25, 0.3) is 0 Å². The number of ether oxygens (including phenoxy) is 1. The monoisotopic (exact) mass is 271 g/mol. The van der Waals surface area contributed by atoms with E-state index in [-0.39, 0.29) is 24.0 Å². The molecule has 0 N–H and O–H groups in total. The average molecular weight is 272 g/mol. The number of likely N-dealkylation sites (N-methyl/N-ethyl adjacent to an activating group) is 1. The van der Waals surface area contributed by atoms with Gasteiger partial charge < -0.3 is 9.64 Å². The lowest BCUT2D eigenvalue weighted by atomic mass is 10.3. The summed E-state index contributed by atoms with van der Waals surface area (Å²) in [6.45, 7) is 4.00. The molecule has 0 radical (unpaired) electrons. The lowest BCUT2D eigenvalue weighted by Crippen LogP contribution is -2.36. The molecule has 1 rings (SSSR count). The van der Waals surface area contributed by atoms with Crippen LogP contribution in [0.2, 0.25) is 5.15 Å². The Hall–Kier alpha value is -1.69. The Morgan fingerprint density at radius 3 is 2.67 bits per heavy atom. The zero-order valence-electron chi connectivity index (χ0n) is 10.2. The van der Waals surface area contributed by atoms with Gasteiger partial charge in [-0.25, -0.2) is 4.98 Å². The number of carbonyl (C=O) groups excluding carboxylic acids is 2. The van der Waals surface area contributed by atoms with E-state index in [2.05, 4.69) is 9.97 Å². The molecule has 0 spiro atoms. The van der Waals surface area contributed by atoms with Crippen LogP contribution in [-0.2, 0) is 9.53 Å². The van der Waals surface area contributed by atoms with Crippen LogP contribution in [-0.4, -0.2) is 46.4 Å². The highest BCUT2D eigenvalue weighted by molar-refractivity contribution is 6.29. The second-order valence-electron chi connectivity index (χ2n) is 3.35. The van der Waals surface area contributed by atoms with Crippen LogP contribution in [0.15, 0.2) is 12.4 Å². The molecule has 0 saturated heterocycles. The second kappa shape index (κ2) is 6.90. The van der Waals surface area contributed by atoms with Crippen molar-refractivity contribution in [3.05, 3.63) is 23.2 Å². The maximum atomic E-state index is 12.0. The molecule has 1 aromatic heterocycles. The average Bonchev–Trinajstić information content (AvgIpc) is 2.35. The Morgan fingerprint density at radius 1 is 1.39 bits per heavy atom. The Bertz CT molecular complexity index is 439. The van der Waals surface area contributed by atoms with Crippen LogP contribution in [0, 0.1) is 0 Å². The third-order valence-corrected chi connectivity index (χ3v) is 2.30. The number of hydrogen-bond acceptors (Lipinski definition) is 5.